The van der Waals surface area contributed by atoms with Gasteiger partial charge in [-0.25, -0.2) is 0 Å². The van der Waals surface area contributed by atoms with Gasteiger partial charge in [0.25, 0.3) is 0 Å². The molecule has 0 atom stereocenters. The molecule has 3 nitrogen and oxygen atoms in total. The number of rotatable bonds is 1. The maximum atomic E-state index is 10.6. The molecule has 0 fully saturated rings. The van der Waals surface area contributed by atoms with Crippen molar-refractivity contribution in [3.63, 3.8) is 0 Å². The molecule has 0 N–H and O–H groups in total. The van der Waals surface area contributed by atoms with E-state index in [9.17, 15) is 14.7 Å². The molecule has 0 radical (unpaired) electrons. The topological polar surface area (TPSA) is 69.2 Å². The number of halogens is 3. The van der Waals surface area contributed by atoms with Gasteiger partial charge in [0, 0.05) is 0 Å². The van der Waals surface area contributed by atoms with Crippen molar-refractivity contribution in [2.45, 2.75) is 0 Å². The first-order valence-corrected chi connectivity index (χ1v) is 5.67. The number of benzene rings is 1. The maximum Gasteiger partial charge on any atom is 2.00 e. The molecule has 0 spiro atoms. The molecule has 1 aromatic rings. The van der Waals surface area contributed by atoms with Gasteiger partial charge in [-0.1, -0.05) is 34.8 Å². The molecule has 72 valence electrons. The fraction of sp³-hybridized carbons (Fsp3) is 0. The van der Waals surface area contributed by atoms with E-state index in [2.05, 4.69) is 0 Å². The molecular weight excluding hydrogens is 297 g/mol. The molecule has 1 aromatic carbocycles. The van der Waals surface area contributed by atoms with Crippen molar-refractivity contribution in [1.29, 1.82) is 0 Å². The van der Waals surface area contributed by atoms with E-state index in [1.165, 1.54) is 0 Å². The zero-order chi connectivity index (χ0) is 10.2. The summed E-state index contributed by atoms with van der Waals surface area (Å²) in [7, 11) is -4.82. The Kier molecular flexibility index (Phi) is 6.52. The van der Waals surface area contributed by atoms with Crippen LogP contribution in [0.3, 0.4) is 0 Å². The van der Waals surface area contributed by atoms with Gasteiger partial charge in [-0.3, -0.25) is 0 Å². The van der Waals surface area contributed by atoms with E-state index in [4.69, 9.17) is 34.8 Å². The second-order valence-electron chi connectivity index (χ2n) is 2.22. The number of hydrogen-bond donors (Lipinski definition) is 0. The molecule has 0 saturated heterocycles. The molecule has 14 heavy (non-hydrogen) atoms. The Morgan fingerprint density at radius 2 is 1.29 bits per heavy atom. The van der Waals surface area contributed by atoms with Crippen LogP contribution in [0.25, 0.3) is 0 Å². The monoisotopic (exact) mass is 298 g/mol. The summed E-state index contributed by atoms with van der Waals surface area (Å²) in [6.45, 7) is 0. The van der Waals surface area contributed by atoms with Crippen molar-refractivity contribution in [3.05, 3.63) is 27.2 Å². The molecule has 1 rings (SSSR count). The second kappa shape index (κ2) is 5.83. The minimum Gasteiger partial charge on any atom is -0.683 e. The van der Waals surface area contributed by atoms with Crippen molar-refractivity contribution >= 4 is 85.8 Å². The fourth-order valence-electron chi connectivity index (χ4n) is 0.700. The van der Waals surface area contributed by atoms with Gasteiger partial charge in [0.1, 0.15) is 0 Å². The van der Waals surface area contributed by atoms with Crippen LogP contribution < -0.4 is 20.0 Å². The van der Waals surface area contributed by atoms with Crippen molar-refractivity contribution in [2.75, 3.05) is 0 Å². The van der Waals surface area contributed by atoms with Gasteiger partial charge >= 0.3 is 37.7 Å². The Bertz CT molecular complexity index is 319. The van der Waals surface area contributed by atoms with Gasteiger partial charge in [-0.2, -0.15) is 0 Å². The molecule has 0 saturated carbocycles. The van der Waals surface area contributed by atoms with E-state index in [-0.39, 0.29) is 52.8 Å². The summed E-state index contributed by atoms with van der Waals surface area (Å²) in [5.41, 5.74) is 0. The van der Waals surface area contributed by atoms with Crippen LogP contribution in [-0.4, -0.2) is 37.7 Å². The Labute approximate surface area is 126 Å². The van der Waals surface area contributed by atoms with E-state index >= 15 is 0 Å². The molecular formula is C6H2CaCl3O3P. The summed E-state index contributed by atoms with van der Waals surface area (Å²) in [6.07, 6.45) is 0. The predicted octanol–water partition coefficient (Wildman–Crippen LogP) is -0.265. The molecule has 0 aromatic heterocycles. The van der Waals surface area contributed by atoms with Crippen LogP contribution in [0.1, 0.15) is 0 Å². The molecule has 0 bridgehead atoms. The van der Waals surface area contributed by atoms with E-state index in [1.54, 1.807) is 0 Å². The van der Waals surface area contributed by atoms with Crippen molar-refractivity contribution in [2.24, 2.45) is 0 Å². The first-order valence-electron chi connectivity index (χ1n) is 2.99. The molecule has 0 aliphatic carbocycles. The van der Waals surface area contributed by atoms with Crippen LogP contribution in [0.5, 0.6) is 0 Å². The average molecular weight is 299 g/mol. The third-order valence-corrected chi connectivity index (χ3v) is 3.37. The second-order valence-corrected chi connectivity index (χ2v) is 4.92. The fourth-order valence-corrected chi connectivity index (χ4v) is 2.02. The Balaban J connectivity index is 0.00000169. The maximum absolute atomic E-state index is 10.6. The molecule has 0 amide bonds. The Hall–Kier alpha value is 1.66. The summed E-state index contributed by atoms with van der Waals surface area (Å²) in [5.74, 6) is 0. The smallest absolute Gasteiger partial charge is 0.683 e. The van der Waals surface area contributed by atoms with Gasteiger partial charge in [-0.15, -0.1) is 7.94 Å². The molecule has 8 heteroatoms. The third-order valence-electron chi connectivity index (χ3n) is 1.28. The van der Waals surface area contributed by atoms with E-state index < -0.39 is 13.2 Å². The summed E-state index contributed by atoms with van der Waals surface area (Å²) in [5, 5.41) is -0.556. The van der Waals surface area contributed by atoms with Gasteiger partial charge in [0.2, 0.25) is 0 Å². The van der Waals surface area contributed by atoms with Crippen molar-refractivity contribution in [1.82, 2.24) is 0 Å². The summed E-state index contributed by atoms with van der Waals surface area (Å²) >= 11 is 16.6. The molecule has 0 unspecified atom stereocenters. The van der Waals surface area contributed by atoms with E-state index in [1.807, 2.05) is 0 Å². The minimum absolute atomic E-state index is 0. The van der Waals surface area contributed by atoms with Crippen LogP contribution in [0.15, 0.2) is 12.1 Å². The molecule has 0 heterocycles. The average Bonchev–Trinajstić information content (AvgIpc) is 1.97. The van der Waals surface area contributed by atoms with Gasteiger partial charge < -0.3 is 14.7 Å². The number of hydrogen-bond acceptors (Lipinski definition) is 3. The first-order chi connectivity index (χ1) is 5.82. The first kappa shape index (κ1) is 15.7. The summed E-state index contributed by atoms with van der Waals surface area (Å²) < 4.78 is 0. The van der Waals surface area contributed by atoms with Crippen LogP contribution in [0.4, 0.5) is 0 Å². The van der Waals surface area contributed by atoms with Gasteiger partial charge in [0.05, 0.1) is 20.4 Å². The zero-order valence-corrected chi connectivity index (χ0v) is 12.0. The van der Waals surface area contributed by atoms with Crippen molar-refractivity contribution in [3.8, 4) is 0 Å². The standard InChI is InChI=1S/C6H4Cl3O3P.Ca/c7-4-1-3(13(10,11)12)2-5(8)6(4)9;/h1-2H,(H2,10,11,12);/q;+2/p-2. The third kappa shape index (κ3) is 3.91. The minimum atomic E-state index is -4.82. The SMILES string of the molecule is [Ca+2].[O-][P+]([O-])([O-])c1cc(Cl)c(Cl)c(Cl)c1. The van der Waals surface area contributed by atoms with Crippen LogP contribution >= 0.6 is 42.7 Å². The largest absolute Gasteiger partial charge is 2.00 e. The van der Waals surface area contributed by atoms with Gasteiger partial charge in [0.15, 0.2) is 0 Å². The van der Waals surface area contributed by atoms with E-state index in [0.29, 0.717) is 0 Å². The van der Waals surface area contributed by atoms with E-state index in [0.717, 1.165) is 12.1 Å². The predicted molar refractivity (Wildman–Crippen MR) is 53.8 cm³/mol. The van der Waals surface area contributed by atoms with Gasteiger partial charge in [-0.05, 0) is 12.1 Å². The Morgan fingerprint density at radius 3 is 1.57 bits per heavy atom. The summed E-state index contributed by atoms with van der Waals surface area (Å²) in [6, 6.07) is 1.94. The van der Waals surface area contributed by atoms with Crippen molar-refractivity contribution < 1.29 is 14.7 Å². The van der Waals surface area contributed by atoms with Crippen LogP contribution in [0, 0.1) is 0 Å². The summed E-state index contributed by atoms with van der Waals surface area (Å²) in [4.78, 5) is 31.7. The quantitative estimate of drug-likeness (QED) is 0.407. The Morgan fingerprint density at radius 1 is 0.929 bits per heavy atom. The zero-order valence-electron chi connectivity index (χ0n) is 6.67. The van der Waals surface area contributed by atoms with Crippen LogP contribution in [-0.2, 0) is 0 Å². The van der Waals surface area contributed by atoms with Crippen LogP contribution in [0.2, 0.25) is 15.1 Å². The normalized spacial score (nSPS) is 11.0. The molecule has 0 aliphatic rings. The molecule has 0 aliphatic heterocycles.